The summed E-state index contributed by atoms with van der Waals surface area (Å²) in [4.78, 5) is 2.52. The van der Waals surface area contributed by atoms with Crippen LogP contribution in [0.5, 0.6) is 0 Å². The van der Waals surface area contributed by atoms with E-state index in [1.807, 2.05) is 6.07 Å². The zero-order chi connectivity index (χ0) is 14.0. The fourth-order valence-electron chi connectivity index (χ4n) is 2.19. The van der Waals surface area contributed by atoms with Gasteiger partial charge in [0.25, 0.3) is 0 Å². The van der Waals surface area contributed by atoms with Gasteiger partial charge in [0.1, 0.15) is 0 Å². The molecule has 0 radical (unpaired) electrons. The number of nitrogens with zero attached hydrogens (tertiary/aromatic N) is 2. The number of rotatable bonds is 5. The number of hydrogen-bond acceptors (Lipinski definition) is 4. The van der Waals surface area contributed by atoms with E-state index < -0.39 is 10.0 Å². The van der Waals surface area contributed by atoms with Crippen LogP contribution in [0.2, 0.25) is 0 Å². The number of benzene rings is 1. The third-order valence-electron chi connectivity index (χ3n) is 3.37. The maximum atomic E-state index is 12.0. The van der Waals surface area contributed by atoms with E-state index in [0.29, 0.717) is 10.8 Å². The van der Waals surface area contributed by atoms with Crippen molar-refractivity contribution < 1.29 is 13.5 Å². The summed E-state index contributed by atoms with van der Waals surface area (Å²) in [6, 6.07) is 7.04. The first kappa shape index (κ1) is 14.5. The largest absolute Gasteiger partial charge is 0.396 e. The summed E-state index contributed by atoms with van der Waals surface area (Å²) in [7, 11) is -0.302. The highest BCUT2D eigenvalue weighted by atomic mass is 32.2. The minimum atomic E-state index is -3.36. The molecule has 19 heavy (non-hydrogen) atoms. The second kappa shape index (κ2) is 5.58. The van der Waals surface area contributed by atoms with Crippen LogP contribution in [0.4, 0.5) is 0 Å². The third-order valence-corrected chi connectivity index (χ3v) is 5.19. The summed E-state index contributed by atoms with van der Waals surface area (Å²) in [6.45, 7) is 2.71. The fourth-order valence-corrected chi connectivity index (χ4v) is 3.17. The zero-order valence-electron chi connectivity index (χ0n) is 11.3. The Bertz CT molecular complexity index is 537. The monoisotopic (exact) mass is 284 g/mol. The van der Waals surface area contributed by atoms with Gasteiger partial charge in [0.15, 0.2) is 0 Å². The number of aliphatic hydroxyl groups is 1. The average Bonchev–Trinajstić information content (AvgIpc) is 2.33. The van der Waals surface area contributed by atoms with E-state index in [1.165, 1.54) is 18.4 Å². The summed E-state index contributed by atoms with van der Waals surface area (Å²) in [5, 5.41) is 8.97. The molecule has 1 fully saturated rings. The van der Waals surface area contributed by atoms with Crippen molar-refractivity contribution in [2.45, 2.75) is 11.4 Å². The molecule has 0 unspecified atom stereocenters. The Morgan fingerprint density at radius 3 is 2.63 bits per heavy atom. The van der Waals surface area contributed by atoms with E-state index in [-0.39, 0.29) is 6.61 Å². The molecule has 106 valence electrons. The van der Waals surface area contributed by atoms with Crippen molar-refractivity contribution in [3.63, 3.8) is 0 Å². The van der Waals surface area contributed by atoms with E-state index in [4.69, 9.17) is 5.11 Å². The second-order valence-electron chi connectivity index (χ2n) is 5.18. The molecule has 0 amide bonds. The summed E-state index contributed by atoms with van der Waals surface area (Å²) in [6.07, 6.45) is 0. The summed E-state index contributed by atoms with van der Waals surface area (Å²) >= 11 is 0. The first-order valence-corrected chi connectivity index (χ1v) is 7.72. The lowest BCUT2D eigenvalue weighted by atomic mass is 10.0. The van der Waals surface area contributed by atoms with Crippen molar-refractivity contribution in [3.8, 4) is 0 Å². The molecule has 1 aromatic rings. The summed E-state index contributed by atoms with van der Waals surface area (Å²) in [5.41, 5.74) is 0.985. The minimum absolute atomic E-state index is 0.228. The van der Waals surface area contributed by atoms with Crippen LogP contribution in [0, 0.1) is 5.92 Å². The zero-order valence-corrected chi connectivity index (χ0v) is 12.1. The highest BCUT2D eigenvalue weighted by Crippen LogP contribution is 2.20. The van der Waals surface area contributed by atoms with Crippen LogP contribution in [0.15, 0.2) is 29.2 Å². The van der Waals surface area contributed by atoms with Gasteiger partial charge in [-0.2, -0.15) is 0 Å². The van der Waals surface area contributed by atoms with Crippen molar-refractivity contribution in [1.29, 1.82) is 0 Å². The molecule has 0 aromatic heterocycles. The van der Waals surface area contributed by atoms with Crippen LogP contribution in [-0.2, 0) is 16.6 Å². The van der Waals surface area contributed by atoms with Crippen LogP contribution >= 0.6 is 0 Å². The van der Waals surface area contributed by atoms with Crippen LogP contribution in [0.3, 0.4) is 0 Å². The lowest BCUT2D eigenvalue weighted by molar-refractivity contribution is 0.0479. The molecule has 1 heterocycles. The van der Waals surface area contributed by atoms with Gasteiger partial charge < -0.3 is 5.11 Å². The first-order valence-electron chi connectivity index (χ1n) is 6.28. The molecular weight excluding hydrogens is 264 g/mol. The van der Waals surface area contributed by atoms with Gasteiger partial charge in [-0.1, -0.05) is 12.1 Å². The lowest BCUT2D eigenvalue weighted by Crippen LogP contribution is -2.47. The number of hydrogen-bond donors (Lipinski definition) is 1. The molecule has 0 bridgehead atoms. The maximum Gasteiger partial charge on any atom is 0.242 e. The van der Waals surface area contributed by atoms with Gasteiger partial charge in [-0.15, -0.1) is 0 Å². The van der Waals surface area contributed by atoms with E-state index >= 15 is 0 Å². The van der Waals surface area contributed by atoms with Crippen LogP contribution < -0.4 is 0 Å². The highest BCUT2D eigenvalue weighted by molar-refractivity contribution is 7.89. The smallest absolute Gasteiger partial charge is 0.242 e. The van der Waals surface area contributed by atoms with Crippen molar-refractivity contribution in [3.05, 3.63) is 29.8 Å². The number of sulfonamides is 1. The molecule has 1 N–H and O–H groups in total. The normalized spacial score (nSPS) is 17.7. The van der Waals surface area contributed by atoms with Gasteiger partial charge in [0.05, 0.1) is 4.90 Å². The molecule has 6 heteroatoms. The Morgan fingerprint density at radius 2 is 2.05 bits per heavy atom. The Balaban J connectivity index is 2.08. The molecule has 0 aliphatic carbocycles. The van der Waals surface area contributed by atoms with Crippen LogP contribution in [-0.4, -0.2) is 56.5 Å². The standard InChI is InChI=1S/C13H20N2O3S/c1-14(2)19(17,18)13-5-3-4-11(6-13)7-15-8-12(9-15)10-16/h3-6,12,16H,7-10H2,1-2H3. The number of aliphatic hydroxyl groups excluding tert-OH is 1. The molecule has 2 rings (SSSR count). The first-order chi connectivity index (χ1) is 8.93. The molecule has 0 saturated carbocycles. The SMILES string of the molecule is CN(C)S(=O)(=O)c1cccc(CN2CC(CO)C2)c1. The van der Waals surface area contributed by atoms with E-state index in [9.17, 15) is 8.42 Å². The van der Waals surface area contributed by atoms with Gasteiger partial charge >= 0.3 is 0 Å². The molecule has 1 aromatic carbocycles. The minimum Gasteiger partial charge on any atom is -0.396 e. The van der Waals surface area contributed by atoms with E-state index in [0.717, 1.165) is 25.2 Å². The number of likely N-dealkylation sites (tertiary alicyclic amines) is 1. The second-order valence-corrected chi connectivity index (χ2v) is 7.33. The lowest BCUT2D eigenvalue weighted by Gasteiger charge is -2.38. The molecule has 1 saturated heterocycles. The molecule has 1 aliphatic rings. The predicted octanol–water partition coefficient (Wildman–Crippen LogP) is 0.361. The molecular formula is C13H20N2O3S. The van der Waals surface area contributed by atoms with Crippen molar-refractivity contribution in [2.75, 3.05) is 33.8 Å². The van der Waals surface area contributed by atoms with Crippen LogP contribution in [0.1, 0.15) is 5.56 Å². The van der Waals surface area contributed by atoms with Crippen LogP contribution in [0.25, 0.3) is 0 Å². The van der Waals surface area contributed by atoms with E-state index in [1.54, 1.807) is 18.2 Å². The Labute approximate surface area is 114 Å². The summed E-state index contributed by atoms with van der Waals surface area (Å²) in [5.74, 6) is 0.369. The molecule has 5 nitrogen and oxygen atoms in total. The fraction of sp³-hybridized carbons (Fsp3) is 0.538. The van der Waals surface area contributed by atoms with E-state index in [2.05, 4.69) is 4.90 Å². The van der Waals surface area contributed by atoms with Crippen molar-refractivity contribution >= 4 is 10.0 Å². The molecule has 0 atom stereocenters. The van der Waals surface area contributed by atoms with Crippen molar-refractivity contribution in [2.24, 2.45) is 5.92 Å². The Morgan fingerprint density at radius 1 is 1.37 bits per heavy atom. The highest BCUT2D eigenvalue weighted by Gasteiger charge is 2.26. The van der Waals surface area contributed by atoms with Gasteiger partial charge in [0.2, 0.25) is 10.0 Å². The van der Waals surface area contributed by atoms with Gasteiger partial charge in [-0.3, -0.25) is 4.90 Å². The maximum absolute atomic E-state index is 12.0. The van der Waals surface area contributed by atoms with Gasteiger partial charge in [-0.05, 0) is 17.7 Å². The Hall–Kier alpha value is -0.950. The third kappa shape index (κ3) is 3.14. The summed E-state index contributed by atoms with van der Waals surface area (Å²) < 4.78 is 25.3. The topological polar surface area (TPSA) is 60.9 Å². The van der Waals surface area contributed by atoms with Gasteiger partial charge in [0, 0.05) is 46.3 Å². The quantitative estimate of drug-likeness (QED) is 0.848. The Kier molecular flexibility index (Phi) is 4.25. The van der Waals surface area contributed by atoms with Crippen molar-refractivity contribution in [1.82, 2.24) is 9.21 Å². The average molecular weight is 284 g/mol. The molecule has 1 aliphatic heterocycles. The van der Waals surface area contributed by atoms with Gasteiger partial charge in [-0.25, -0.2) is 12.7 Å². The predicted molar refractivity (Wildman–Crippen MR) is 73.2 cm³/mol. The molecule has 0 spiro atoms.